The number of para-hydroxylation sites is 1. The third kappa shape index (κ3) is 4.39. The number of aromatic amines is 1. The Kier molecular flexibility index (Phi) is 5.66. The molecule has 1 aromatic carbocycles. The number of nitrogens with one attached hydrogen (secondary N) is 1. The maximum absolute atomic E-state index is 12.0. The predicted octanol–water partition coefficient (Wildman–Crippen LogP) is 1.05. The Hall–Kier alpha value is -2.21. The van der Waals surface area contributed by atoms with Crippen LogP contribution in [0.1, 0.15) is 25.6 Å². The predicted molar refractivity (Wildman–Crippen MR) is 86.6 cm³/mol. The van der Waals surface area contributed by atoms with Gasteiger partial charge in [0.2, 0.25) is 5.91 Å². The van der Waals surface area contributed by atoms with Crippen molar-refractivity contribution in [2.45, 2.75) is 26.2 Å². The van der Waals surface area contributed by atoms with Crippen molar-refractivity contribution in [2.24, 2.45) is 5.73 Å². The summed E-state index contributed by atoms with van der Waals surface area (Å²) in [6.45, 7) is 3.80. The summed E-state index contributed by atoms with van der Waals surface area (Å²) in [6.07, 6.45) is 2.65. The van der Waals surface area contributed by atoms with Crippen LogP contribution in [0.2, 0.25) is 0 Å². The second kappa shape index (κ2) is 7.70. The van der Waals surface area contributed by atoms with Gasteiger partial charge in [-0.3, -0.25) is 14.5 Å². The van der Waals surface area contributed by atoms with Gasteiger partial charge in [-0.1, -0.05) is 25.5 Å². The van der Waals surface area contributed by atoms with Crippen LogP contribution in [-0.2, 0) is 11.2 Å². The number of carbonyl (C=O) groups excluding carboxylic acids is 1. The quantitative estimate of drug-likeness (QED) is 0.762. The van der Waals surface area contributed by atoms with E-state index in [1.165, 1.54) is 0 Å². The Bertz CT molecular complexity index is 696. The molecule has 6 heteroatoms. The Morgan fingerprint density at radius 1 is 1.32 bits per heavy atom. The fourth-order valence-corrected chi connectivity index (χ4v) is 2.39. The summed E-state index contributed by atoms with van der Waals surface area (Å²) in [7, 11) is 0. The number of benzene rings is 1. The average Bonchev–Trinajstić information content (AvgIpc) is 2.49. The number of hydrogen-bond acceptors (Lipinski definition) is 4. The van der Waals surface area contributed by atoms with Crippen LogP contribution in [0.15, 0.2) is 29.1 Å². The normalized spacial score (nSPS) is 11.2. The standard InChI is InChI=1S/C16H22N4O2/c1-2-3-9-20(11-14(17)21)10-8-15-18-13-7-5-4-6-12(13)16(22)19-15/h4-7H,2-3,8-11H2,1H3,(H2,17,21)(H,18,19,22). The molecule has 0 spiro atoms. The number of nitrogens with zero attached hydrogens (tertiary/aromatic N) is 2. The first-order chi connectivity index (χ1) is 10.6. The van der Waals surface area contributed by atoms with E-state index < -0.39 is 0 Å². The van der Waals surface area contributed by atoms with Gasteiger partial charge in [-0.15, -0.1) is 0 Å². The van der Waals surface area contributed by atoms with Crippen LogP contribution in [0.5, 0.6) is 0 Å². The molecule has 0 aliphatic carbocycles. The van der Waals surface area contributed by atoms with E-state index in [0.717, 1.165) is 19.4 Å². The van der Waals surface area contributed by atoms with Gasteiger partial charge >= 0.3 is 0 Å². The number of amides is 1. The minimum absolute atomic E-state index is 0.129. The Morgan fingerprint density at radius 2 is 2.09 bits per heavy atom. The van der Waals surface area contributed by atoms with Gasteiger partial charge in [0, 0.05) is 13.0 Å². The maximum Gasteiger partial charge on any atom is 0.258 e. The molecule has 0 saturated carbocycles. The molecule has 2 rings (SSSR count). The molecule has 6 nitrogen and oxygen atoms in total. The second-order valence-corrected chi connectivity index (χ2v) is 5.38. The molecule has 1 amide bonds. The number of aromatic nitrogens is 2. The minimum Gasteiger partial charge on any atom is -0.369 e. The molecular formula is C16H22N4O2. The molecule has 0 aliphatic rings. The van der Waals surface area contributed by atoms with Crippen molar-refractivity contribution in [3.05, 3.63) is 40.4 Å². The maximum atomic E-state index is 12.0. The molecule has 0 unspecified atom stereocenters. The van der Waals surface area contributed by atoms with Crippen molar-refractivity contribution in [1.82, 2.24) is 14.9 Å². The van der Waals surface area contributed by atoms with Gasteiger partial charge < -0.3 is 10.7 Å². The highest BCUT2D eigenvalue weighted by Gasteiger charge is 2.10. The van der Waals surface area contributed by atoms with Gasteiger partial charge in [-0.2, -0.15) is 0 Å². The van der Waals surface area contributed by atoms with Gasteiger partial charge in [-0.25, -0.2) is 4.98 Å². The first-order valence-electron chi connectivity index (χ1n) is 7.58. The highest BCUT2D eigenvalue weighted by Crippen LogP contribution is 2.06. The number of carbonyl (C=O) groups is 1. The van der Waals surface area contributed by atoms with Crippen LogP contribution in [-0.4, -0.2) is 40.4 Å². The fraction of sp³-hybridized carbons (Fsp3) is 0.438. The van der Waals surface area contributed by atoms with Crippen LogP contribution in [0.3, 0.4) is 0 Å². The Labute approximate surface area is 129 Å². The van der Waals surface area contributed by atoms with Crippen LogP contribution >= 0.6 is 0 Å². The summed E-state index contributed by atoms with van der Waals surface area (Å²) in [5.41, 5.74) is 5.84. The third-order valence-corrected chi connectivity index (χ3v) is 3.53. The van der Waals surface area contributed by atoms with E-state index in [1.807, 2.05) is 23.1 Å². The summed E-state index contributed by atoms with van der Waals surface area (Å²) >= 11 is 0. The minimum atomic E-state index is -0.337. The van der Waals surface area contributed by atoms with Gasteiger partial charge in [0.1, 0.15) is 5.82 Å². The molecule has 118 valence electrons. The van der Waals surface area contributed by atoms with E-state index in [1.54, 1.807) is 6.07 Å². The fourth-order valence-electron chi connectivity index (χ4n) is 2.39. The van der Waals surface area contributed by atoms with Gasteiger partial charge in [0.05, 0.1) is 17.4 Å². The lowest BCUT2D eigenvalue weighted by atomic mass is 10.2. The molecule has 2 aromatic rings. The van der Waals surface area contributed by atoms with Crippen LogP contribution < -0.4 is 11.3 Å². The van der Waals surface area contributed by atoms with Crippen molar-refractivity contribution < 1.29 is 4.79 Å². The molecule has 22 heavy (non-hydrogen) atoms. The Balaban J connectivity index is 2.08. The molecule has 0 bridgehead atoms. The number of primary amides is 1. The number of rotatable bonds is 8. The lowest BCUT2D eigenvalue weighted by Crippen LogP contribution is -2.36. The third-order valence-electron chi connectivity index (χ3n) is 3.53. The monoisotopic (exact) mass is 302 g/mol. The van der Waals surface area contributed by atoms with Crippen molar-refractivity contribution in [3.63, 3.8) is 0 Å². The van der Waals surface area contributed by atoms with Crippen LogP contribution in [0.4, 0.5) is 0 Å². The highest BCUT2D eigenvalue weighted by molar-refractivity contribution is 5.77. The Morgan fingerprint density at radius 3 is 2.82 bits per heavy atom. The second-order valence-electron chi connectivity index (χ2n) is 5.38. The first-order valence-corrected chi connectivity index (χ1v) is 7.58. The topological polar surface area (TPSA) is 92.1 Å². The zero-order chi connectivity index (χ0) is 15.9. The SMILES string of the molecule is CCCCN(CCc1nc2ccccc2c(=O)[nH]1)CC(N)=O. The number of H-pyrrole nitrogens is 1. The molecule has 0 saturated heterocycles. The number of hydrogen-bond donors (Lipinski definition) is 2. The molecule has 0 radical (unpaired) electrons. The number of fused-ring (bicyclic) bond motifs is 1. The molecular weight excluding hydrogens is 280 g/mol. The summed E-state index contributed by atoms with van der Waals surface area (Å²) in [6, 6.07) is 7.26. The molecule has 0 aliphatic heterocycles. The summed E-state index contributed by atoms with van der Waals surface area (Å²) < 4.78 is 0. The number of unbranched alkanes of at least 4 members (excludes halogenated alkanes) is 1. The van der Waals surface area contributed by atoms with Crippen LogP contribution in [0, 0.1) is 0 Å². The highest BCUT2D eigenvalue weighted by atomic mass is 16.1. The zero-order valence-electron chi connectivity index (χ0n) is 12.8. The van der Waals surface area contributed by atoms with Gasteiger partial charge in [0.25, 0.3) is 5.56 Å². The van der Waals surface area contributed by atoms with E-state index in [0.29, 0.717) is 29.7 Å². The summed E-state index contributed by atoms with van der Waals surface area (Å²) in [4.78, 5) is 32.4. The molecule has 3 N–H and O–H groups in total. The van der Waals surface area contributed by atoms with Crippen molar-refractivity contribution >= 4 is 16.8 Å². The summed E-state index contributed by atoms with van der Waals surface area (Å²) in [5.74, 6) is 0.297. The van der Waals surface area contributed by atoms with E-state index in [2.05, 4.69) is 16.9 Å². The molecule has 1 heterocycles. The number of nitrogens with two attached hydrogens (primary N) is 1. The van der Waals surface area contributed by atoms with E-state index in [4.69, 9.17) is 5.73 Å². The van der Waals surface area contributed by atoms with Crippen molar-refractivity contribution in [3.8, 4) is 0 Å². The van der Waals surface area contributed by atoms with E-state index >= 15 is 0 Å². The van der Waals surface area contributed by atoms with E-state index in [-0.39, 0.29) is 18.0 Å². The first kappa shape index (κ1) is 16.2. The summed E-state index contributed by atoms with van der Waals surface area (Å²) in [5, 5.41) is 0.589. The van der Waals surface area contributed by atoms with Crippen molar-refractivity contribution in [2.75, 3.05) is 19.6 Å². The van der Waals surface area contributed by atoms with Gasteiger partial charge in [0.15, 0.2) is 0 Å². The smallest absolute Gasteiger partial charge is 0.258 e. The van der Waals surface area contributed by atoms with Gasteiger partial charge in [-0.05, 0) is 25.1 Å². The average molecular weight is 302 g/mol. The molecule has 0 atom stereocenters. The van der Waals surface area contributed by atoms with Crippen LogP contribution in [0.25, 0.3) is 10.9 Å². The van der Waals surface area contributed by atoms with Crippen molar-refractivity contribution in [1.29, 1.82) is 0 Å². The van der Waals surface area contributed by atoms with E-state index in [9.17, 15) is 9.59 Å². The lowest BCUT2D eigenvalue weighted by Gasteiger charge is -2.20. The lowest BCUT2D eigenvalue weighted by molar-refractivity contribution is -0.119. The molecule has 0 fully saturated rings. The molecule has 1 aromatic heterocycles. The zero-order valence-corrected chi connectivity index (χ0v) is 12.8. The largest absolute Gasteiger partial charge is 0.369 e.